The molecule has 0 amide bonds. The van der Waals surface area contributed by atoms with Gasteiger partial charge in [0.05, 0.1) is 11.5 Å². The van der Waals surface area contributed by atoms with Crippen LogP contribution in [-0.4, -0.2) is 24.2 Å². The Morgan fingerprint density at radius 1 is 0.854 bits per heavy atom. The summed E-state index contributed by atoms with van der Waals surface area (Å²) in [6, 6.07) is 21.2. The van der Waals surface area contributed by atoms with Crippen molar-refractivity contribution in [2.24, 2.45) is 5.92 Å². The van der Waals surface area contributed by atoms with Gasteiger partial charge in [-0.15, -0.1) is 6.58 Å². The van der Waals surface area contributed by atoms with Crippen LogP contribution in [0.2, 0.25) is 0 Å². The van der Waals surface area contributed by atoms with Crippen LogP contribution < -0.4 is 4.74 Å². The molecule has 0 aliphatic heterocycles. The minimum absolute atomic E-state index is 0.101. The second-order valence-electron chi connectivity index (χ2n) is 12.9. The molecule has 0 fully saturated rings. The van der Waals surface area contributed by atoms with Crippen molar-refractivity contribution in [3.8, 4) is 16.9 Å². The van der Waals surface area contributed by atoms with Gasteiger partial charge in [-0.1, -0.05) is 107 Å². The van der Waals surface area contributed by atoms with E-state index in [9.17, 15) is 22.8 Å². The van der Waals surface area contributed by atoms with E-state index in [0.29, 0.717) is 24.2 Å². The Bertz CT molecular complexity index is 1460. The molecule has 4 rings (SSSR count). The Hall–Kier alpha value is -3.87. The lowest BCUT2D eigenvalue weighted by molar-refractivity contribution is -0.224. The Morgan fingerprint density at radius 2 is 1.48 bits per heavy atom. The zero-order valence-corrected chi connectivity index (χ0v) is 28.2. The maximum absolute atomic E-state index is 13.3. The van der Waals surface area contributed by atoms with E-state index in [2.05, 4.69) is 37.8 Å². The molecule has 0 saturated heterocycles. The number of carbonyl (C=O) groups is 2. The monoisotopic (exact) mass is 662 g/mol. The molecule has 48 heavy (non-hydrogen) atoms. The van der Waals surface area contributed by atoms with Gasteiger partial charge in [0.2, 0.25) is 0 Å². The average Bonchev–Trinajstić information content (AvgIpc) is 3.09. The van der Waals surface area contributed by atoms with Crippen LogP contribution in [-0.2, 0) is 28.8 Å². The summed E-state index contributed by atoms with van der Waals surface area (Å²) in [7, 11) is 0. The van der Waals surface area contributed by atoms with Crippen LogP contribution in [0.25, 0.3) is 11.1 Å². The Morgan fingerprint density at radius 3 is 2.10 bits per heavy atom. The highest BCUT2D eigenvalue weighted by atomic mass is 19.4. The molecule has 0 spiro atoms. The number of aryl methyl sites for hydroxylation is 2. The van der Waals surface area contributed by atoms with E-state index in [0.717, 1.165) is 28.7 Å². The lowest BCUT2D eigenvalue weighted by Crippen LogP contribution is -2.37. The largest absolute Gasteiger partial charge is 0.452 e. The van der Waals surface area contributed by atoms with Crippen LogP contribution in [0.5, 0.6) is 5.75 Å². The zero-order valence-electron chi connectivity index (χ0n) is 28.2. The molecule has 258 valence electrons. The van der Waals surface area contributed by atoms with Crippen molar-refractivity contribution < 1.29 is 32.2 Å². The minimum Gasteiger partial charge on any atom is -0.452 e. The number of benzene rings is 3. The van der Waals surface area contributed by atoms with Gasteiger partial charge in [0.25, 0.3) is 0 Å². The number of esters is 2. The van der Waals surface area contributed by atoms with Gasteiger partial charge in [0.15, 0.2) is 6.10 Å². The number of allylic oxidation sites excluding steroid dienone is 1. The summed E-state index contributed by atoms with van der Waals surface area (Å²) in [5.74, 6) is -1.59. The van der Waals surface area contributed by atoms with Crippen molar-refractivity contribution in [2.45, 2.75) is 116 Å². The topological polar surface area (TPSA) is 52.6 Å². The number of unbranched alkanes of at least 4 members (excludes halogenated alkanes) is 8. The minimum atomic E-state index is -4.62. The lowest BCUT2D eigenvalue weighted by Gasteiger charge is -2.27. The van der Waals surface area contributed by atoms with Gasteiger partial charge in [-0.3, -0.25) is 4.79 Å². The summed E-state index contributed by atoms with van der Waals surface area (Å²) < 4.78 is 50.5. The molecule has 0 radical (unpaired) electrons. The second kappa shape index (κ2) is 18.6. The Labute approximate surface area is 283 Å². The van der Waals surface area contributed by atoms with Gasteiger partial charge in [-0.05, 0) is 97.0 Å². The highest BCUT2D eigenvalue weighted by molar-refractivity contribution is 5.91. The molecule has 1 aliphatic rings. The first-order valence-electron chi connectivity index (χ1n) is 17.6. The highest BCUT2D eigenvalue weighted by Gasteiger charge is 2.43. The molecule has 3 aromatic rings. The van der Waals surface area contributed by atoms with Crippen LogP contribution >= 0.6 is 0 Å². The molecule has 1 unspecified atom stereocenters. The fourth-order valence-corrected chi connectivity index (χ4v) is 6.26. The van der Waals surface area contributed by atoms with Crippen molar-refractivity contribution in [3.05, 3.63) is 102 Å². The van der Waals surface area contributed by atoms with Crippen molar-refractivity contribution >= 4 is 11.9 Å². The van der Waals surface area contributed by atoms with Gasteiger partial charge in [-0.25, -0.2) is 4.79 Å². The fourth-order valence-electron chi connectivity index (χ4n) is 6.26. The van der Waals surface area contributed by atoms with Gasteiger partial charge >= 0.3 is 18.1 Å². The third kappa shape index (κ3) is 11.4. The summed E-state index contributed by atoms with van der Waals surface area (Å²) in [6.45, 7) is 5.70. The molecule has 3 aromatic carbocycles. The van der Waals surface area contributed by atoms with E-state index in [1.54, 1.807) is 30.3 Å². The van der Waals surface area contributed by atoms with E-state index in [-0.39, 0.29) is 19.3 Å². The van der Waals surface area contributed by atoms with Crippen molar-refractivity contribution in [3.63, 3.8) is 0 Å². The van der Waals surface area contributed by atoms with E-state index < -0.39 is 30.1 Å². The molecule has 2 atom stereocenters. The summed E-state index contributed by atoms with van der Waals surface area (Å²) >= 11 is 0. The molecule has 0 saturated carbocycles. The molecule has 0 heterocycles. The standard InChI is InChI=1S/C41H49F3O4/c1-3-5-7-8-9-10-11-12-13-14-30-16-18-31(19-17-30)32-20-22-33(23-21-32)39(45)47-37-27-26-34-28-36(25-24-35(34)29-37)40(46)48-38(15-6-4-2)41(42,43)44/h4,16-23,26-27,29,36,38H,2-3,5-15,24-25,28H2,1H3/t36?,38-/m1/s1. The summed E-state index contributed by atoms with van der Waals surface area (Å²) in [4.78, 5) is 25.5. The predicted octanol–water partition coefficient (Wildman–Crippen LogP) is 11.2. The lowest BCUT2D eigenvalue weighted by atomic mass is 9.84. The molecule has 0 N–H and O–H groups in total. The molecule has 7 heteroatoms. The average molecular weight is 663 g/mol. The molecule has 0 aromatic heterocycles. The fraction of sp³-hybridized carbons (Fsp3) is 0.463. The van der Waals surface area contributed by atoms with E-state index >= 15 is 0 Å². The van der Waals surface area contributed by atoms with Crippen LogP contribution in [0.3, 0.4) is 0 Å². The van der Waals surface area contributed by atoms with E-state index in [4.69, 9.17) is 9.47 Å². The van der Waals surface area contributed by atoms with Crippen molar-refractivity contribution in [2.75, 3.05) is 0 Å². The van der Waals surface area contributed by atoms with Crippen LogP contribution in [0.15, 0.2) is 79.4 Å². The number of rotatable bonds is 18. The summed E-state index contributed by atoms with van der Waals surface area (Å²) in [5, 5.41) is 0. The quantitative estimate of drug-likeness (QED) is 0.0589. The van der Waals surface area contributed by atoms with Crippen LogP contribution in [0.4, 0.5) is 13.2 Å². The summed E-state index contributed by atoms with van der Waals surface area (Å²) in [5.41, 5.74) is 5.62. The predicted molar refractivity (Wildman–Crippen MR) is 185 cm³/mol. The Kier molecular flexibility index (Phi) is 14.3. The zero-order chi connectivity index (χ0) is 34.4. The van der Waals surface area contributed by atoms with Crippen molar-refractivity contribution in [1.29, 1.82) is 0 Å². The maximum atomic E-state index is 13.3. The number of ether oxygens (including phenoxy) is 2. The smallest absolute Gasteiger partial charge is 0.425 e. The van der Waals surface area contributed by atoms with E-state index in [1.165, 1.54) is 69.4 Å². The normalized spacial score (nSPS) is 15.0. The summed E-state index contributed by atoms with van der Waals surface area (Å²) in [6.07, 6.45) is 8.48. The molecule has 0 bridgehead atoms. The second-order valence-corrected chi connectivity index (χ2v) is 12.9. The molecule has 1 aliphatic carbocycles. The molecular weight excluding hydrogens is 613 g/mol. The van der Waals surface area contributed by atoms with Crippen molar-refractivity contribution in [1.82, 2.24) is 0 Å². The molecular formula is C41H49F3O4. The number of hydrogen-bond acceptors (Lipinski definition) is 4. The first kappa shape index (κ1) is 37.0. The van der Waals surface area contributed by atoms with Gasteiger partial charge in [-0.2, -0.15) is 13.2 Å². The number of hydrogen-bond donors (Lipinski definition) is 0. The maximum Gasteiger partial charge on any atom is 0.425 e. The number of halogens is 3. The SMILES string of the molecule is C=CCC[C@@H](OC(=O)C1CCc2cc(OC(=O)c3ccc(-c4ccc(CCCCCCCCCCC)cc4)cc3)ccc2C1)C(F)(F)F. The van der Waals surface area contributed by atoms with Gasteiger partial charge in [0.1, 0.15) is 5.75 Å². The van der Waals surface area contributed by atoms with Gasteiger partial charge in [0, 0.05) is 0 Å². The number of alkyl halides is 3. The van der Waals surface area contributed by atoms with E-state index in [1.807, 2.05) is 12.1 Å². The third-order valence-corrected chi connectivity index (χ3v) is 9.18. The number of carbonyl (C=O) groups excluding carboxylic acids is 2. The van der Waals surface area contributed by atoms with Gasteiger partial charge < -0.3 is 9.47 Å². The van der Waals surface area contributed by atoms with Crippen LogP contribution in [0, 0.1) is 5.92 Å². The van der Waals surface area contributed by atoms with Crippen LogP contribution in [0.1, 0.15) is 111 Å². The first-order chi connectivity index (χ1) is 23.2. The molecule has 4 nitrogen and oxygen atoms in total. The Balaban J connectivity index is 1.24. The number of fused-ring (bicyclic) bond motifs is 1. The first-order valence-corrected chi connectivity index (χ1v) is 17.6. The third-order valence-electron chi connectivity index (χ3n) is 9.18. The highest BCUT2D eigenvalue weighted by Crippen LogP contribution is 2.33.